The van der Waals surface area contributed by atoms with Crippen LogP contribution in [0.4, 0.5) is 0 Å². The Labute approximate surface area is 102 Å². The predicted molar refractivity (Wildman–Crippen MR) is 65.8 cm³/mol. The lowest BCUT2D eigenvalue weighted by atomic mass is 10.2. The average Bonchev–Trinajstić information content (AvgIpc) is 2.52. The van der Waals surface area contributed by atoms with Crippen LogP contribution in [0.3, 0.4) is 0 Å². The summed E-state index contributed by atoms with van der Waals surface area (Å²) in [6.45, 7) is 7.73. The average molecular weight is 239 g/mol. The minimum atomic E-state index is -0.532. The topological polar surface area (TPSA) is 58.4 Å². The van der Waals surface area contributed by atoms with Crippen molar-refractivity contribution >= 4 is 5.91 Å². The number of rotatable bonds is 4. The van der Waals surface area contributed by atoms with Crippen LogP contribution in [-0.2, 0) is 7.05 Å². The van der Waals surface area contributed by atoms with E-state index >= 15 is 0 Å². The van der Waals surface area contributed by atoms with Crippen LogP contribution >= 0.6 is 0 Å². The fourth-order valence-corrected chi connectivity index (χ4v) is 1.77. The number of carbonyl (C=O) groups is 1. The summed E-state index contributed by atoms with van der Waals surface area (Å²) in [5, 5.41) is 13.6. The van der Waals surface area contributed by atoms with E-state index in [0.29, 0.717) is 12.2 Å². The highest BCUT2D eigenvalue weighted by Gasteiger charge is 2.22. The van der Waals surface area contributed by atoms with Crippen LogP contribution in [0.15, 0.2) is 6.07 Å². The molecule has 17 heavy (non-hydrogen) atoms. The minimum absolute atomic E-state index is 0.0484. The van der Waals surface area contributed by atoms with Gasteiger partial charge in [0.05, 0.1) is 11.8 Å². The van der Waals surface area contributed by atoms with E-state index in [-0.39, 0.29) is 11.9 Å². The van der Waals surface area contributed by atoms with Crippen LogP contribution in [-0.4, -0.2) is 44.4 Å². The molecule has 1 amide bonds. The van der Waals surface area contributed by atoms with Crippen molar-refractivity contribution in [1.82, 2.24) is 14.7 Å². The number of nitrogens with zero attached hydrogens (tertiary/aromatic N) is 3. The third-order valence-corrected chi connectivity index (χ3v) is 2.57. The molecule has 1 rings (SSSR count). The zero-order valence-electron chi connectivity index (χ0n) is 11.1. The molecule has 1 aromatic rings. The van der Waals surface area contributed by atoms with Gasteiger partial charge in [-0.15, -0.1) is 0 Å². The van der Waals surface area contributed by atoms with E-state index in [0.717, 1.165) is 5.69 Å². The maximum atomic E-state index is 12.3. The highest BCUT2D eigenvalue weighted by molar-refractivity contribution is 5.92. The Balaban J connectivity index is 2.95. The third-order valence-electron chi connectivity index (χ3n) is 2.57. The minimum Gasteiger partial charge on any atom is -0.392 e. The number of carbonyl (C=O) groups excluding carboxylic acids is 1. The molecule has 5 nitrogen and oxygen atoms in total. The van der Waals surface area contributed by atoms with Crippen molar-refractivity contribution < 1.29 is 9.90 Å². The van der Waals surface area contributed by atoms with Crippen LogP contribution in [0.2, 0.25) is 0 Å². The Kier molecular flexibility index (Phi) is 4.28. The van der Waals surface area contributed by atoms with Gasteiger partial charge in [-0.25, -0.2) is 0 Å². The predicted octanol–water partition coefficient (Wildman–Crippen LogP) is 0.960. The van der Waals surface area contributed by atoms with Crippen molar-refractivity contribution in [3.05, 3.63) is 17.5 Å². The normalized spacial score (nSPS) is 12.9. The van der Waals surface area contributed by atoms with E-state index in [1.165, 1.54) is 0 Å². The number of aliphatic hydroxyl groups excluding tert-OH is 1. The van der Waals surface area contributed by atoms with E-state index < -0.39 is 6.10 Å². The molecule has 0 saturated carbocycles. The van der Waals surface area contributed by atoms with Gasteiger partial charge in [-0.2, -0.15) is 5.10 Å². The molecular formula is C12H21N3O2. The van der Waals surface area contributed by atoms with Crippen LogP contribution in [0.25, 0.3) is 0 Å². The van der Waals surface area contributed by atoms with Crippen molar-refractivity contribution in [1.29, 1.82) is 0 Å². The summed E-state index contributed by atoms with van der Waals surface area (Å²) in [6.07, 6.45) is -0.532. The first-order chi connectivity index (χ1) is 7.82. The lowest BCUT2D eigenvalue weighted by Crippen LogP contribution is -2.42. The molecule has 0 aliphatic carbocycles. The van der Waals surface area contributed by atoms with Gasteiger partial charge in [0.25, 0.3) is 5.91 Å². The lowest BCUT2D eigenvalue weighted by Gasteiger charge is -2.27. The van der Waals surface area contributed by atoms with E-state index in [2.05, 4.69) is 5.10 Å². The van der Waals surface area contributed by atoms with Gasteiger partial charge in [0.15, 0.2) is 0 Å². The Bertz CT molecular complexity index is 396. The summed E-state index contributed by atoms with van der Waals surface area (Å²) in [5.74, 6) is -0.0935. The van der Waals surface area contributed by atoms with E-state index in [4.69, 9.17) is 0 Å². The third kappa shape index (κ3) is 3.30. The largest absolute Gasteiger partial charge is 0.392 e. The first-order valence-corrected chi connectivity index (χ1v) is 5.82. The Morgan fingerprint density at radius 2 is 2.12 bits per heavy atom. The maximum absolute atomic E-state index is 12.3. The van der Waals surface area contributed by atoms with Crippen molar-refractivity contribution in [3.63, 3.8) is 0 Å². The van der Waals surface area contributed by atoms with E-state index in [1.54, 1.807) is 29.6 Å². The van der Waals surface area contributed by atoms with Crippen LogP contribution in [0, 0.1) is 6.92 Å². The second kappa shape index (κ2) is 5.31. The number of hydrogen-bond donors (Lipinski definition) is 1. The monoisotopic (exact) mass is 239 g/mol. The van der Waals surface area contributed by atoms with Crippen molar-refractivity contribution in [2.75, 3.05) is 6.54 Å². The fraction of sp³-hybridized carbons (Fsp3) is 0.667. The van der Waals surface area contributed by atoms with Crippen LogP contribution in [0.5, 0.6) is 0 Å². The zero-order chi connectivity index (χ0) is 13.2. The summed E-state index contributed by atoms with van der Waals surface area (Å²) in [4.78, 5) is 14.0. The van der Waals surface area contributed by atoms with Crippen LogP contribution in [0.1, 0.15) is 37.0 Å². The number of amides is 1. The van der Waals surface area contributed by atoms with Gasteiger partial charge in [-0.1, -0.05) is 0 Å². The van der Waals surface area contributed by atoms with Gasteiger partial charge in [-0.3, -0.25) is 9.48 Å². The molecule has 1 heterocycles. The standard InChI is InChI=1S/C12H21N3O2/c1-8(2)15(7-10(4)16)12(17)11-6-9(3)13-14(11)5/h6,8,10,16H,7H2,1-5H3. The Hall–Kier alpha value is -1.36. The molecule has 1 unspecified atom stereocenters. The van der Waals surface area contributed by atoms with Gasteiger partial charge in [0.1, 0.15) is 5.69 Å². The lowest BCUT2D eigenvalue weighted by molar-refractivity contribution is 0.0568. The molecule has 0 aromatic carbocycles. The molecule has 0 saturated heterocycles. The summed E-state index contributed by atoms with van der Waals surface area (Å²) in [7, 11) is 1.75. The molecule has 5 heteroatoms. The van der Waals surface area contributed by atoms with Gasteiger partial charge in [-0.05, 0) is 33.8 Å². The molecule has 0 spiro atoms. The molecule has 96 valence electrons. The molecule has 1 atom stereocenters. The highest BCUT2D eigenvalue weighted by Crippen LogP contribution is 2.10. The number of aliphatic hydroxyl groups is 1. The highest BCUT2D eigenvalue weighted by atomic mass is 16.3. The van der Waals surface area contributed by atoms with Crippen LogP contribution < -0.4 is 0 Å². The zero-order valence-corrected chi connectivity index (χ0v) is 11.1. The molecule has 1 N–H and O–H groups in total. The Morgan fingerprint density at radius 3 is 2.47 bits per heavy atom. The maximum Gasteiger partial charge on any atom is 0.272 e. The van der Waals surface area contributed by atoms with Crippen molar-refractivity contribution in [2.45, 2.75) is 39.8 Å². The molecule has 0 aliphatic rings. The SMILES string of the molecule is Cc1cc(C(=O)N(CC(C)O)C(C)C)n(C)n1. The van der Waals surface area contributed by atoms with E-state index in [9.17, 15) is 9.90 Å². The molecule has 0 fully saturated rings. The van der Waals surface area contributed by atoms with E-state index in [1.807, 2.05) is 20.8 Å². The summed E-state index contributed by atoms with van der Waals surface area (Å²) in [6, 6.07) is 1.81. The molecule has 0 radical (unpaired) electrons. The quantitative estimate of drug-likeness (QED) is 0.851. The fourth-order valence-electron chi connectivity index (χ4n) is 1.77. The first kappa shape index (κ1) is 13.7. The number of aromatic nitrogens is 2. The number of hydrogen-bond acceptors (Lipinski definition) is 3. The second-order valence-corrected chi connectivity index (χ2v) is 4.69. The summed E-state index contributed by atoms with van der Waals surface area (Å²) >= 11 is 0. The second-order valence-electron chi connectivity index (χ2n) is 4.69. The molecule has 0 bridgehead atoms. The molecule has 0 aliphatic heterocycles. The Morgan fingerprint density at radius 1 is 1.53 bits per heavy atom. The van der Waals surface area contributed by atoms with Crippen molar-refractivity contribution in [2.24, 2.45) is 7.05 Å². The number of aryl methyl sites for hydroxylation is 2. The van der Waals surface area contributed by atoms with Gasteiger partial charge in [0, 0.05) is 19.6 Å². The molecule has 1 aromatic heterocycles. The smallest absolute Gasteiger partial charge is 0.272 e. The van der Waals surface area contributed by atoms with Crippen molar-refractivity contribution in [3.8, 4) is 0 Å². The molecular weight excluding hydrogens is 218 g/mol. The van der Waals surface area contributed by atoms with Gasteiger partial charge >= 0.3 is 0 Å². The summed E-state index contributed by atoms with van der Waals surface area (Å²) < 4.78 is 1.58. The first-order valence-electron chi connectivity index (χ1n) is 5.82. The van der Waals surface area contributed by atoms with Gasteiger partial charge < -0.3 is 10.0 Å². The summed E-state index contributed by atoms with van der Waals surface area (Å²) in [5.41, 5.74) is 1.37. The van der Waals surface area contributed by atoms with Gasteiger partial charge in [0.2, 0.25) is 0 Å².